The molecule has 1 amide bonds. The molecule has 0 aliphatic rings. The molecule has 0 spiro atoms. The van der Waals surface area contributed by atoms with E-state index in [1.54, 1.807) is 6.08 Å². The van der Waals surface area contributed by atoms with E-state index < -0.39 is 18.0 Å². The van der Waals surface area contributed by atoms with E-state index in [0.717, 1.165) is 0 Å². The third-order valence-corrected chi connectivity index (χ3v) is 2.12. The Morgan fingerprint density at radius 3 is 2.72 bits per heavy atom. The van der Waals surface area contributed by atoms with Crippen LogP contribution in [0.1, 0.15) is 20.3 Å². The monoisotopic (exact) mass is 253 g/mol. The normalized spacial score (nSPS) is 13.4. The number of rotatable bonds is 9. The van der Waals surface area contributed by atoms with E-state index in [-0.39, 0.29) is 12.5 Å². The highest BCUT2D eigenvalue weighted by Crippen LogP contribution is 2.08. The van der Waals surface area contributed by atoms with Crippen LogP contribution in [0.4, 0.5) is 0 Å². The van der Waals surface area contributed by atoms with Crippen LogP contribution in [0.5, 0.6) is 0 Å². The van der Waals surface area contributed by atoms with Gasteiger partial charge < -0.3 is 10.1 Å². The molecule has 1 N–H and O–H groups in total. The minimum atomic E-state index is -0.958. The Morgan fingerprint density at radius 2 is 2.28 bits per heavy atom. The summed E-state index contributed by atoms with van der Waals surface area (Å²) in [4.78, 5) is 22.3. The zero-order chi connectivity index (χ0) is 14.0. The van der Waals surface area contributed by atoms with Crippen molar-refractivity contribution in [2.24, 2.45) is 11.1 Å². The number of ether oxygens (including phenoxy) is 1. The van der Waals surface area contributed by atoms with E-state index >= 15 is 0 Å². The summed E-state index contributed by atoms with van der Waals surface area (Å²) in [6.45, 7) is 7.60. The molecular weight excluding hydrogens is 234 g/mol. The Morgan fingerprint density at radius 1 is 1.61 bits per heavy atom. The number of nitroso groups, excluding NO2 is 1. The second-order valence-corrected chi connectivity index (χ2v) is 4.27. The molecular formula is C12H19N3O3. The van der Waals surface area contributed by atoms with Gasteiger partial charge in [-0.05, 0) is 12.3 Å². The second kappa shape index (κ2) is 9.31. The molecule has 0 rings (SSSR count). The fourth-order valence-electron chi connectivity index (χ4n) is 1.29. The summed E-state index contributed by atoms with van der Waals surface area (Å²) in [6.07, 6.45) is 1.91. The Bertz CT molecular complexity index is 323. The molecule has 100 valence electrons. The van der Waals surface area contributed by atoms with Crippen molar-refractivity contribution in [3.05, 3.63) is 17.6 Å². The largest absolute Gasteiger partial charge is 0.374 e. The number of hydrogen-bond donors (Lipinski definition) is 1. The highest BCUT2D eigenvalue weighted by Gasteiger charge is 2.23. The van der Waals surface area contributed by atoms with E-state index in [1.807, 2.05) is 19.9 Å². The van der Waals surface area contributed by atoms with Crippen molar-refractivity contribution in [3.63, 3.8) is 0 Å². The molecule has 18 heavy (non-hydrogen) atoms. The van der Waals surface area contributed by atoms with Crippen LogP contribution in [0.3, 0.4) is 0 Å². The minimum absolute atomic E-state index is 0.0571. The number of carbonyl (C=O) groups is 1. The predicted octanol–water partition coefficient (Wildman–Crippen LogP) is 1.38. The summed E-state index contributed by atoms with van der Waals surface area (Å²) in [5, 5.41) is 14.0. The van der Waals surface area contributed by atoms with E-state index in [9.17, 15) is 9.70 Å². The average Bonchev–Trinajstić information content (AvgIpc) is 2.34. The van der Waals surface area contributed by atoms with Gasteiger partial charge in [-0.1, -0.05) is 25.1 Å². The molecule has 0 aliphatic heterocycles. The SMILES string of the molecule is C=CCOCC(C#N)NC(=O)C(CC(C)C)N=O. The van der Waals surface area contributed by atoms with Crippen LogP contribution in [-0.4, -0.2) is 31.2 Å². The van der Waals surface area contributed by atoms with Gasteiger partial charge in [-0.25, -0.2) is 0 Å². The lowest BCUT2D eigenvalue weighted by atomic mass is 10.0. The van der Waals surface area contributed by atoms with Crippen molar-refractivity contribution in [2.45, 2.75) is 32.4 Å². The van der Waals surface area contributed by atoms with Gasteiger partial charge in [-0.15, -0.1) is 11.5 Å². The first-order chi connectivity index (χ1) is 8.54. The first-order valence-corrected chi connectivity index (χ1v) is 5.76. The lowest BCUT2D eigenvalue weighted by molar-refractivity contribution is -0.123. The van der Waals surface area contributed by atoms with Gasteiger partial charge in [-0.3, -0.25) is 4.79 Å². The first-order valence-electron chi connectivity index (χ1n) is 5.76. The number of nitrogens with zero attached hydrogens (tertiary/aromatic N) is 2. The number of amides is 1. The van der Waals surface area contributed by atoms with Gasteiger partial charge >= 0.3 is 0 Å². The third kappa shape index (κ3) is 6.76. The summed E-state index contributed by atoms with van der Waals surface area (Å²) in [6, 6.07) is 0.148. The molecule has 0 aliphatic carbocycles. The standard InChI is InChI=1S/C12H19N3O3/c1-4-5-18-8-10(7-13)14-12(16)11(15-17)6-9(2)3/h4,9-11H,1,5-6,8H2,2-3H3,(H,14,16). The van der Waals surface area contributed by atoms with Crippen LogP contribution < -0.4 is 5.32 Å². The summed E-state index contributed by atoms with van der Waals surface area (Å²) in [5.74, 6) is -0.358. The number of nitriles is 1. The number of carbonyl (C=O) groups excluding carboxylic acids is 1. The van der Waals surface area contributed by atoms with Gasteiger partial charge in [0.1, 0.15) is 6.04 Å². The van der Waals surface area contributed by atoms with Gasteiger partial charge in [0, 0.05) is 0 Å². The quantitative estimate of drug-likeness (QED) is 0.381. The molecule has 0 fully saturated rings. The number of hydrogen-bond acceptors (Lipinski definition) is 5. The fourth-order valence-corrected chi connectivity index (χ4v) is 1.29. The smallest absolute Gasteiger partial charge is 0.249 e. The van der Waals surface area contributed by atoms with Gasteiger partial charge in [0.15, 0.2) is 6.04 Å². The number of nitrogens with one attached hydrogen (secondary N) is 1. The van der Waals surface area contributed by atoms with Gasteiger partial charge in [0.25, 0.3) is 0 Å². The minimum Gasteiger partial charge on any atom is -0.374 e. The zero-order valence-electron chi connectivity index (χ0n) is 10.8. The van der Waals surface area contributed by atoms with E-state index in [0.29, 0.717) is 13.0 Å². The van der Waals surface area contributed by atoms with Crippen molar-refractivity contribution >= 4 is 5.91 Å². The molecule has 6 heteroatoms. The highest BCUT2D eigenvalue weighted by atomic mass is 16.5. The average molecular weight is 253 g/mol. The van der Waals surface area contributed by atoms with E-state index in [2.05, 4.69) is 17.1 Å². The van der Waals surface area contributed by atoms with Gasteiger partial charge in [0.05, 0.1) is 19.3 Å². The maximum atomic E-state index is 11.7. The molecule has 0 aromatic heterocycles. The van der Waals surface area contributed by atoms with Crippen molar-refractivity contribution < 1.29 is 9.53 Å². The molecule has 0 radical (unpaired) electrons. The van der Waals surface area contributed by atoms with Gasteiger partial charge in [-0.2, -0.15) is 5.26 Å². The Balaban J connectivity index is 4.27. The summed E-state index contributed by atoms with van der Waals surface area (Å²) >= 11 is 0. The van der Waals surface area contributed by atoms with Crippen molar-refractivity contribution in [2.75, 3.05) is 13.2 Å². The predicted molar refractivity (Wildman–Crippen MR) is 67.6 cm³/mol. The van der Waals surface area contributed by atoms with Crippen molar-refractivity contribution in [3.8, 4) is 6.07 Å². The van der Waals surface area contributed by atoms with E-state index in [1.165, 1.54) is 0 Å². The maximum absolute atomic E-state index is 11.7. The lowest BCUT2D eigenvalue weighted by Crippen LogP contribution is -2.42. The Labute approximate surface area is 107 Å². The van der Waals surface area contributed by atoms with Crippen LogP contribution in [0.2, 0.25) is 0 Å². The molecule has 0 aromatic rings. The van der Waals surface area contributed by atoms with Crippen LogP contribution in [0.25, 0.3) is 0 Å². The fraction of sp³-hybridized carbons (Fsp3) is 0.667. The van der Waals surface area contributed by atoms with E-state index in [4.69, 9.17) is 10.00 Å². The van der Waals surface area contributed by atoms with Crippen molar-refractivity contribution in [1.29, 1.82) is 5.26 Å². The van der Waals surface area contributed by atoms with Gasteiger partial charge in [0.2, 0.25) is 5.91 Å². The summed E-state index contributed by atoms with van der Waals surface area (Å²) < 4.78 is 5.07. The second-order valence-electron chi connectivity index (χ2n) is 4.27. The third-order valence-electron chi connectivity index (χ3n) is 2.12. The molecule has 2 unspecified atom stereocenters. The summed E-state index contributed by atoms with van der Waals surface area (Å²) in [7, 11) is 0. The topological polar surface area (TPSA) is 91.5 Å². The Hall–Kier alpha value is -1.74. The molecule has 6 nitrogen and oxygen atoms in total. The van der Waals surface area contributed by atoms with Crippen LogP contribution in [-0.2, 0) is 9.53 Å². The highest BCUT2D eigenvalue weighted by molar-refractivity contribution is 5.82. The maximum Gasteiger partial charge on any atom is 0.249 e. The summed E-state index contributed by atoms with van der Waals surface area (Å²) in [5.41, 5.74) is 0. The molecule has 2 atom stereocenters. The lowest BCUT2D eigenvalue weighted by Gasteiger charge is -2.15. The Kier molecular flexibility index (Phi) is 8.41. The molecule has 0 aromatic carbocycles. The molecule has 0 heterocycles. The molecule has 0 saturated heterocycles. The molecule has 0 bridgehead atoms. The zero-order valence-corrected chi connectivity index (χ0v) is 10.8. The van der Waals surface area contributed by atoms with Crippen LogP contribution in [0.15, 0.2) is 17.8 Å². The van der Waals surface area contributed by atoms with Crippen molar-refractivity contribution in [1.82, 2.24) is 5.32 Å². The first kappa shape index (κ1) is 16.3. The molecule has 0 saturated carbocycles. The van der Waals surface area contributed by atoms with Crippen LogP contribution in [0, 0.1) is 22.2 Å². The van der Waals surface area contributed by atoms with Crippen LogP contribution >= 0.6 is 0 Å².